The van der Waals surface area contributed by atoms with Crippen molar-refractivity contribution in [1.82, 2.24) is 14.5 Å². The molecule has 4 heteroatoms. The Morgan fingerprint density at radius 1 is 1.56 bits per heavy atom. The Balaban J connectivity index is 2.20. The lowest BCUT2D eigenvalue weighted by Gasteiger charge is -2.25. The predicted molar refractivity (Wildman–Crippen MR) is 72.6 cm³/mol. The maximum atomic E-state index is 12.0. The molecule has 1 aromatic heterocycles. The summed E-state index contributed by atoms with van der Waals surface area (Å²) in [6.45, 7) is 8.40. The van der Waals surface area contributed by atoms with E-state index >= 15 is 0 Å². The molecule has 0 bridgehead atoms. The molecule has 94 valence electrons. The average Bonchev–Trinajstić information content (AvgIpc) is 2.57. The summed E-state index contributed by atoms with van der Waals surface area (Å²) in [5.41, 5.74) is 3.19. The van der Waals surface area contributed by atoms with Gasteiger partial charge < -0.3 is 4.98 Å². The Morgan fingerprint density at radius 3 is 3.17 bits per heavy atom. The van der Waals surface area contributed by atoms with Crippen molar-refractivity contribution in [3.63, 3.8) is 0 Å². The van der Waals surface area contributed by atoms with E-state index in [1.54, 1.807) is 0 Å². The van der Waals surface area contributed by atoms with Gasteiger partial charge >= 0.3 is 5.69 Å². The van der Waals surface area contributed by atoms with Gasteiger partial charge in [0.25, 0.3) is 0 Å². The van der Waals surface area contributed by atoms with Crippen molar-refractivity contribution >= 4 is 11.0 Å². The van der Waals surface area contributed by atoms with Gasteiger partial charge in [0.1, 0.15) is 0 Å². The fraction of sp³-hybridized carbons (Fsp3) is 0.357. The molecule has 1 atom stereocenters. The lowest BCUT2D eigenvalue weighted by molar-refractivity contribution is 0.210. The van der Waals surface area contributed by atoms with Crippen LogP contribution in [0.5, 0.6) is 0 Å². The minimum atomic E-state index is -0.00949. The molecule has 0 saturated heterocycles. The summed E-state index contributed by atoms with van der Waals surface area (Å²) in [6.07, 6.45) is 1.92. The first-order valence-electron chi connectivity index (χ1n) is 6.26. The largest absolute Gasteiger partial charge is 0.326 e. The molecule has 1 aromatic carbocycles. The summed E-state index contributed by atoms with van der Waals surface area (Å²) in [4.78, 5) is 17.3. The summed E-state index contributed by atoms with van der Waals surface area (Å²) in [6, 6.07) is 6.39. The van der Waals surface area contributed by atoms with Crippen molar-refractivity contribution in [2.75, 3.05) is 6.54 Å². The monoisotopic (exact) mass is 243 g/mol. The molecule has 0 radical (unpaired) electrons. The fourth-order valence-corrected chi connectivity index (χ4v) is 2.76. The average molecular weight is 243 g/mol. The van der Waals surface area contributed by atoms with Crippen molar-refractivity contribution in [2.45, 2.75) is 26.1 Å². The number of H-pyrrole nitrogens is 1. The number of hydrogen-bond donors (Lipinski definition) is 1. The van der Waals surface area contributed by atoms with Gasteiger partial charge in [-0.05, 0) is 18.6 Å². The summed E-state index contributed by atoms with van der Waals surface area (Å²) in [5, 5.41) is 0. The number of nitrogens with zero attached hydrogens (tertiary/aromatic N) is 2. The number of para-hydroxylation sites is 1. The second-order valence-corrected chi connectivity index (χ2v) is 4.92. The Kier molecular flexibility index (Phi) is 2.59. The van der Waals surface area contributed by atoms with Crippen LogP contribution in [0, 0.1) is 0 Å². The van der Waals surface area contributed by atoms with Gasteiger partial charge in [-0.3, -0.25) is 9.47 Å². The normalized spacial score (nSPS) is 19.9. The van der Waals surface area contributed by atoms with Crippen LogP contribution in [0.3, 0.4) is 0 Å². The van der Waals surface area contributed by atoms with E-state index in [1.165, 1.54) is 5.56 Å². The Labute approximate surface area is 106 Å². The van der Waals surface area contributed by atoms with E-state index in [4.69, 9.17) is 0 Å². The molecular formula is C14H17N3O. The molecule has 1 N–H and O–H groups in total. The van der Waals surface area contributed by atoms with Gasteiger partial charge in [0.15, 0.2) is 0 Å². The molecule has 2 aromatic rings. The predicted octanol–water partition coefficient (Wildman–Crippen LogP) is 1.72. The first-order chi connectivity index (χ1) is 8.70. The van der Waals surface area contributed by atoms with Gasteiger partial charge in [0, 0.05) is 25.7 Å². The second-order valence-electron chi connectivity index (χ2n) is 4.92. The highest BCUT2D eigenvalue weighted by Crippen LogP contribution is 2.23. The van der Waals surface area contributed by atoms with Crippen LogP contribution < -0.4 is 5.69 Å². The highest BCUT2D eigenvalue weighted by atomic mass is 16.1. The van der Waals surface area contributed by atoms with Crippen LogP contribution in [0.25, 0.3) is 11.0 Å². The Hall–Kier alpha value is -1.81. The minimum Gasteiger partial charge on any atom is -0.306 e. The molecule has 1 aliphatic rings. The minimum absolute atomic E-state index is 0.00949. The third-order valence-electron chi connectivity index (χ3n) is 3.68. The molecular weight excluding hydrogens is 226 g/mol. The summed E-state index contributed by atoms with van der Waals surface area (Å²) in [5.74, 6) is 0. The number of hydrogen-bond acceptors (Lipinski definition) is 2. The van der Waals surface area contributed by atoms with Crippen LogP contribution in [0.15, 0.2) is 35.6 Å². The highest BCUT2D eigenvalue weighted by Gasteiger charge is 2.22. The van der Waals surface area contributed by atoms with Gasteiger partial charge in [-0.2, -0.15) is 0 Å². The second kappa shape index (κ2) is 4.14. The summed E-state index contributed by atoms with van der Waals surface area (Å²) >= 11 is 0. The number of nitrogens with one attached hydrogen (secondary N) is 1. The Bertz CT molecular complexity index is 653. The van der Waals surface area contributed by atoms with E-state index in [2.05, 4.69) is 29.5 Å². The zero-order valence-corrected chi connectivity index (χ0v) is 10.5. The van der Waals surface area contributed by atoms with Gasteiger partial charge in [-0.15, -0.1) is 6.58 Å². The van der Waals surface area contributed by atoms with E-state index < -0.39 is 0 Å². The third-order valence-corrected chi connectivity index (χ3v) is 3.68. The maximum Gasteiger partial charge on any atom is 0.326 e. The van der Waals surface area contributed by atoms with Crippen molar-refractivity contribution in [2.24, 2.45) is 0 Å². The smallest absolute Gasteiger partial charge is 0.306 e. The lowest BCUT2D eigenvalue weighted by Crippen LogP contribution is -2.35. The van der Waals surface area contributed by atoms with E-state index in [-0.39, 0.29) is 5.69 Å². The maximum absolute atomic E-state index is 12.0. The molecule has 0 saturated carbocycles. The molecule has 0 unspecified atom stereocenters. The lowest BCUT2D eigenvalue weighted by atomic mass is 10.1. The van der Waals surface area contributed by atoms with Crippen molar-refractivity contribution in [1.29, 1.82) is 0 Å². The van der Waals surface area contributed by atoms with Crippen molar-refractivity contribution in [3.8, 4) is 0 Å². The van der Waals surface area contributed by atoms with Crippen LogP contribution in [0.2, 0.25) is 0 Å². The van der Waals surface area contributed by atoms with Crippen molar-refractivity contribution < 1.29 is 0 Å². The molecule has 0 fully saturated rings. The molecule has 1 aliphatic heterocycles. The van der Waals surface area contributed by atoms with Gasteiger partial charge in [0.2, 0.25) is 0 Å². The summed E-state index contributed by atoms with van der Waals surface area (Å²) < 4.78 is 1.86. The van der Waals surface area contributed by atoms with Gasteiger partial charge in [0.05, 0.1) is 11.0 Å². The van der Waals surface area contributed by atoms with Crippen molar-refractivity contribution in [3.05, 3.63) is 46.9 Å². The first kappa shape index (κ1) is 11.3. The van der Waals surface area contributed by atoms with E-state index in [9.17, 15) is 4.79 Å². The van der Waals surface area contributed by atoms with Gasteiger partial charge in [-0.25, -0.2) is 4.79 Å². The molecule has 3 rings (SSSR count). The zero-order valence-electron chi connectivity index (χ0n) is 10.5. The van der Waals surface area contributed by atoms with E-state index in [0.29, 0.717) is 6.04 Å². The quantitative estimate of drug-likeness (QED) is 0.816. The summed E-state index contributed by atoms with van der Waals surface area (Å²) in [7, 11) is 0. The molecule has 18 heavy (non-hydrogen) atoms. The zero-order chi connectivity index (χ0) is 12.7. The van der Waals surface area contributed by atoms with Crippen LogP contribution >= 0.6 is 0 Å². The van der Waals surface area contributed by atoms with E-state index in [1.807, 2.05) is 22.8 Å². The van der Waals surface area contributed by atoms with Crippen LogP contribution in [-0.4, -0.2) is 27.0 Å². The number of benzene rings is 1. The third kappa shape index (κ3) is 1.61. The van der Waals surface area contributed by atoms with E-state index in [0.717, 1.165) is 30.7 Å². The fourth-order valence-electron chi connectivity index (χ4n) is 2.76. The number of imidazole rings is 1. The molecule has 0 amide bonds. The number of aromatic nitrogens is 2. The molecule has 4 nitrogen and oxygen atoms in total. The standard InChI is InChI=1S/C14H17N3O/c1-3-7-16-9-11-5-4-6-12-13(11)17(8-10(16)2)14(18)15-12/h3-6,10H,1,7-9H2,2H3,(H,15,18)/t10-/m1/s1. The van der Waals surface area contributed by atoms with Crippen LogP contribution in [0.1, 0.15) is 12.5 Å². The first-order valence-corrected chi connectivity index (χ1v) is 6.26. The Morgan fingerprint density at radius 2 is 2.39 bits per heavy atom. The number of aromatic amines is 1. The topological polar surface area (TPSA) is 41.0 Å². The van der Waals surface area contributed by atoms with Gasteiger partial charge in [-0.1, -0.05) is 18.2 Å². The SMILES string of the molecule is C=CCN1Cc2cccc3[nH]c(=O)n(c23)C[C@H]1C. The van der Waals surface area contributed by atoms with Crippen LogP contribution in [-0.2, 0) is 13.1 Å². The number of rotatable bonds is 2. The molecule has 0 spiro atoms. The molecule has 2 heterocycles. The molecule has 0 aliphatic carbocycles. The van der Waals surface area contributed by atoms with Crippen LogP contribution in [0.4, 0.5) is 0 Å². The highest BCUT2D eigenvalue weighted by molar-refractivity contribution is 5.79.